The van der Waals surface area contributed by atoms with Gasteiger partial charge in [-0.05, 0) is 44.1 Å². The second-order valence-electron chi connectivity index (χ2n) is 5.20. The van der Waals surface area contributed by atoms with Crippen LogP contribution in [0, 0.1) is 23.7 Å². The standard InChI is InChI=1S/C16H26O/c1-3-4-7-11-15-13-16(15)12-9-6-5-8-10-14(2)17/h5-6,14-17H,3-4,7,9,11-13H2,1-2H3/b6-5-/t14-,15-,16+/m1/s1. The summed E-state index contributed by atoms with van der Waals surface area (Å²) in [6, 6.07) is 0. The Morgan fingerprint density at radius 2 is 2.06 bits per heavy atom. The maximum Gasteiger partial charge on any atom is 0.112 e. The van der Waals surface area contributed by atoms with Gasteiger partial charge in [0.2, 0.25) is 0 Å². The van der Waals surface area contributed by atoms with Crippen molar-refractivity contribution in [2.24, 2.45) is 11.8 Å². The average molecular weight is 234 g/mol. The van der Waals surface area contributed by atoms with Crippen LogP contribution in [0.2, 0.25) is 0 Å². The number of hydrogen-bond donors (Lipinski definition) is 1. The van der Waals surface area contributed by atoms with Crippen molar-refractivity contribution in [2.75, 3.05) is 0 Å². The third-order valence-corrected chi connectivity index (χ3v) is 3.45. The van der Waals surface area contributed by atoms with Crippen LogP contribution in [0.1, 0.15) is 58.8 Å². The van der Waals surface area contributed by atoms with Crippen molar-refractivity contribution in [2.45, 2.75) is 64.9 Å². The van der Waals surface area contributed by atoms with Crippen molar-refractivity contribution in [1.29, 1.82) is 0 Å². The first-order valence-electron chi connectivity index (χ1n) is 7.08. The van der Waals surface area contributed by atoms with Gasteiger partial charge in [-0.25, -0.2) is 0 Å². The van der Waals surface area contributed by atoms with Crippen molar-refractivity contribution in [1.82, 2.24) is 0 Å². The first-order chi connectivity index (χ1) is 8.24. The van der Waals surface area contributed by atoms with E-state index in [-0.39, 0.29) is 0 Å². The third-order valence-electron chi connectivity index (χ3n) is 3.45. The van der Waals surface area contributed by atoms with Gasteiger partial charge in [-0.2, -0.15) is 0 Å². The number of aliphatic hydroxyl groups excluding tert-OH is 1. The zero-order chi connectivity index (χ0) is 12.5. The molecule has 1 heteroatoms. The van der Waals surface area contributed by atoms with Crippen LogP contribution in [-0.4, -0.2) is 11.2 Å². The molecule has 0 radical (unpaired) electrons. The highest BCUT2D eigenvalue weighted by Crippen LogP contribution is 2.45. The van der Waals surface area contributed by atoms with E-state index in [1.54, 1.807) is 6.92 Å². The lowest BCUT2D eigenvalue weighted by molar-refractivity contribution is 0.253. The van der Waals surface area contributed by atoms with Crippen LogP contribution in [-0.2, 0) is 0 Å². The van der Waals surface area contributed by atoms with E-state index in [9.17, 15) is 0 Å². The number of allylic oxidation sites excluding steroid dienone is 2. The minimum Gasteiger partial charge on any atom is -0.381 e. The Morgan fingerprint density at radius 3 is 2.76 bits per heavy atom. The summed E-state index contributed by atoms with van der Waals surface area (Å²) in [6.07, 6.45) is 13.0. The molecule has 1 fully saturated rings. The Morgan fingerprint density at radius 1 is 1.29 bits per heavy atom. The molecule has 0 saturated heterocycles. The van der Waals surface area contributed by atoms with E-state index in [4.69, 9.17) is 5.11 Å². The van der Waals surface area contributed by atoms with Crippen LogP contribution >= 0.6 is 0 Å². The zero-order valence-corrected chi connectivity index (χ0v) is 11.3. The fraction of sp³-hybridized carbons (Fsp3) is 0.750. The summed E-state index contributed by atoms with van der Waals surface area (Å²) >= 11 is 0. The highest BCUT2D eigenvalue weighted by atomic mass is 16.3. The second-order valence-corrected chi connectivity index (χ2v) is 5.20. The zero-order valence-electron chi connectivity index (χ0n) is 11.3. The molecule has 1 saturated carbocycles. The predicted molar refractivity (Wildman–Crippen MR) is 73.6 cm³/mol. The molecule has 0 spiro atoms. The van der Waals surface area contributed by atoms with E-state index in [1.807, 2.05) is 6.08 Å². The van der Waals surface area contributed by atoms with E-state index in [1.165, 1.54) is 38.5 Å². The van der Waals surface area contributed by atoms with E-state index in [0.29, 0.717) is 0 Å². The molecule has 0 bridgehead atoms. The molecule has 3 atom stereocenters. The fourth-order valence-electron chi connectivity index (χ4n) is 2.30. The van der Waals surface area contributed by atoms with E-state index in [2.05, 4.69) is 24.8 Å². The summed E-state index contributed by atoms with van der Waals surface area (Å²) in [5.41, 5.74) is 0. The molecule has 96 valence electrons. The third kappa shape index (κ3) is 7.23. The fourth-order valence-corrected chi connectivity index (χ4v) is 2.30. The predicted octanol–water partition coefficient (Wildman–Crippen LogP) is 3.92. The first-order valence-corrected chi connectivity index (χ1v) is 7.08. The molecular weight excluding hydrogens is 208 g/mol. The quantitative estimate of drug-likeness (QED) is 0.523. The normalized spacial score (nSPS) is 24.4. The topological polar surface area (TPSA) is 20.2 Å². The van der Waals surface area contributed by atoms with Crippen molar-refractivity contribution in [3.05, 3.63) is 12.2 Å². The van der Waals surface area contributed by atoms with Crippen LogP contribution in [0.5, 0.6) is 0 Å². The van der Waals surface area contributed by atoms with Gasteiger partial charge in [0.25, 0.3) is 0 Å². The van der Waals surface area contributed by atoms with Crippen LogP contribution in [0.3, 0.4) is 0 Å². The van der Waals surface area contributed by atoms with Gasteiger partial charge < -0.3 is 5.11 Å². The summed E-state index contributed by atoms with van der Waals surface area (Å²) < 4.78 is 0. The monoisotopic (exact) mass is 234 g/mol. The smallest absolute Gasteiger partial charge is 0.112 e. The van der Waals surface area contributed by atoms with Crippen molar-refractivity contribution < 1.29 is 5.11 Å². The number of aliphatic hydroxyl groups is 1. The summed E-state index contributed by atoms with van der Waals surface area (Å²) in [5.74, 6) is 7.58. The van der Waals surface area contributed by atoms with Crippen LogP contribution in [0.25, 0.3) is 0 Å². The molecule has 1 nitrogen and oxygen atoms in total. The summed E-state index contributed by atoms with van der Waals surface area (Å²) in [4.78, 5) is 0. The number of hydrogen-bond acceptors (Lipinski definition) is 1. The molecular formula is C16H26O. The molecule has 17 heavy (non-hydrogen) atoms. The maximum atomic E-state index is 8.94. The average Bonchev–Trinajstić information content (AvgIpc) is 3.02. The summed E-state index contributed by atoms with van der Waals surface area (Å²) in [5, 5.41) is 8.94. The van der Waals surface area contributed by atoms with Gasteiger partial charge in [-0.3, -0.25) is 0 Å². The molecule has 0 aromatic carbocycles. The van der Waals surface area contributed by atoms with Crippen LogP contribution < -0.4 is 0 Å². The van der Waals surface area contributed by atoms with Crippen LogP contribution in [0.15, 0.2) is 12.2 Å². The minimum atomic E-state index is -0.508. The highest BCUT2D eigenvalue weighted by molar-refractivity contribution is 5.17. The lowest BCUT2D eigenvalue weighted by atomic mass is 10.1. The van der Waals surface area contributed by atoms with Gasteiger partial charge in [0, 0.05) is 0 Å². The van der Waals surface area contributed by atoms with Crippen molar-refractivity contribution >= 4 is 0 Å². The second kappa shape index (κ2) is 8.37. The maximum absolute atomic E-state index is 8.94. The van der Waals surface area contributed by atoms with E-state index >= 15 is 0 Å². The Kier molecular flexibility index (Phi) is 7.05. The lowest BCUT2D eigenvalue weighted by Crippen LogP contribution is -1.91. The Hall–Kier alpha value is -0.740. The molecule has 0 aromatic heterocycles. The molecule has 0 amide bonds. The van der Waals surface area contributed by atoms with Crippen molar-refractivity contribution in [3.8, 4) is 11.8 Å². The Balaban J connectivity index is 1.97. The molecule has 1 N–H and O–H groups in total. The van der Waals surface area contributed by atoms with Crippen molar-refractivity contribution in [3.63, 3.8) is 0 Å². The largest absolute Gasteiger partial charge is 0.381 e. The summed E-state index contributed by atoms with van der Waals surface area (Å²) in [7, 11) is 0. The molecule has 0 unspecified atom stereocenters. The number of unbranched alkanes of at least 4 members (excludes halogenated alkanes) is 2. The van der Waals surface area contributed by atoms with E-state index < -0.39 is 6.10 Å². The van der Waals surface area contributed by atoms with Gasteiger partial charge in [0.1, 0.15) is 6.10 Å². The van der Waals surface area contributed by atoms with Crippen LogP contribution in [0.4, 0.5) is 0 Å². The SMILES string of the molecule is CCCCC[C@@H]1C[C@@H]1CC/C=C\C#C[C@@H](C)O. The first kappa shape index (κ1) is 14.3. The molecule has 0 heterocycles. The highest BCUT2D eigenvalue weighted by Gasteiger charge is 2.34. The molecule has 0 aromatic rings. The Labute approximate surface area is 106 Å². The Bertz CT molecular complexity index is 280. The van der Waals surface area contributed by atoms with Gasteiger partial charge in [0.15, 0.2) is 0 Å². The van der Waals surface area contributed by atoms with Gasteiger partial charge in [-0.1, -0.05) is 50.5 Å². The molecule has 1 rings (SSSR count). The van der Waals surface area contributed by atoms with Gasteiger partial charge >= 0.3 is 0 Å². The minimum absolute atomic E-state index is 0.508. The summed E-state index contributed by atoms with van der Waals surface area (Å²) in [6.45, 7) is 3.95. The molecule has 1 aliphatic carbocycles. The van der Waals surface area contributed by atoms with Gasteiger partial charge in [0.05, 0.1) is 0 Å². The molecule has 0 aliphatic heterocycles. The molecule has 1 aliphatic rings. The lowest BCUT2D eigenvalue weighted by Gasteiger charge is -1.97. The van der Waals surface area contributed by atoms with E-state index in [0.717, 1.165) is 18.3 Å². The number of rotatable bonds is 7. The van der Waals surface area contributed by atoms with Gasteiger partial charge in [-0.15, -0.1) is 0 Å².